The zero-order valence-electron chi connectivity index (χ0n) is 12.5. The molecule has 0 aliphatic carbocycles. The molecule has 0 heterocycles. The lowest BCUT2D eigenvalue weighted by Gasteiger charge is -2.05. The third-order valence-corrected chi connectivity index (χ3v) is 3.01. The highest BCUT2D eigenvalue weighted by molar-refractivity contribution is 6.04. The van der Waals surface area contributed by atoms with Crippen molar-refractivity contribution in [1.29, 1.82) is 0 Å². The van der Waals surface area contributed by atoms with Gasteiger partial charge in [-0.05, 0) is 48.5 Å². The zero-order chi connectivity index (χ0) is 16.5. The second-order valence-corrected chi connectivity index (χ2v) is 4.76. The Balaban J connectivity index is 1.87. The summed E-state index contributed by atoms with van der Waals surface area (Å²) in [6.07, 6.45) is 3.24. The van der Waals surface area contributed by atoms with Gasteiger partial charge in [-0.2, -0.15) is 0 Å². The van der Waals surface area contributed by atoms with E-state index in [4.69, 9.17) is 4.74 Å². The molecule has 2 aromatic rings. The van der Waals surface area contributed by atoms with E-state index in [1.807, 2.05) is 0 Å². The number of alkyl halides is 1. The molecule has 0 fully saturated rings. The minimum absolute atomic E-state index is 0.171. The van der Waals surface area contributed by atoms with Crippen LogP contribution in [-0.4, -0.2) is 19.1 Å². The van der Waals surface area contributed by atoms with Crippen LogP contribution in [0.1, 0.15) is 16.8 Å². The predicted molar refractivity (Wildman–Crippen MR) is 86.0 cm³/mol. The van der Waals surface area contributed by atoms with Crippen LogP contribution in [0.25, 0.3) is 0 Å². The van der Waals surface area contributed by atoms with Gasteiger partial charge in [-0.15, -0.1) is 0 Å². The Bertz CT molecular complexity index is 652. The fourth-order valence-corrected chi connectivity index (χ4v) is 1.82. The summed E-state index contributed by atoms with van der Waals surface area (Å²) < 4.78 is 30.0. The molecule has 5 heteroatoms. The highest BCUT2D eigenvalue weighted by atomic mass is 19.1. The molecule has 0 bridgehead atoms. The molecule has 23 heavy (non-hydrogen) atoms. The Hall–Kier alpha value is -2.69. The molecule has 1 N–H and O–H groups in total. The number of anilines is 1. The van der Waals surface area contributed by atoms with Gasteiger partial charge >= 0.3 is 0 Å². The number of carbonyl (C=O) groups excluding carboxylic acids is 1. The van der Waals surface area contributed by atoms with E-state index >= 15 is 0 Å². The number of hydrogen-bond acceptors (Lipinski definition) is 3. The van der Waals surface area contributed by atoms with E-state index in [2.05, 4.69) is 5.32 Å². The minimum Gasteiger partial charge on any atom is -0.493 e. The van der Waals surface area contributed by atoms with Gasteiger partial charge < -0.3 is 10.1 Å². The van der Waals surface area contributed by atoms with Crippen molar-refractivity contribution in [1.82, 2.24) is 0 Å². The predicted octanol–water partition coefficient (Wildman–Crippen LogP) is 4.37. The number of hydrogen-bond donors (Lipinski definition) is 1. The van der Waals surface area contributed by atoms with Crippen LogP contribution in [0.15, 0.2) is 60.8 Å². The van der Waals surface area contributed by atoms with E-state index in [1.165, 1.54) is 24.4 Å². The molecule has 0 aliphatic heterocycles. The van der Waals surface area contributed by atoms with Crippen molar-refractivity contribution in [2.75, 3.05) is 18.6 Å². The first kappa shape index (κ1) is 16.7. The Kier molecular flexibility index (Phi) is 6.29. The van der Waals surface area contributed by atoms with Crippen molar-refractivity contribution in [3.63, 3.8) is 0 Å². The molecule has 0 atom stereocenters. The Morgan fingerprint density at radius 1 is 1.09 bits per heavy atom. The van der Waals surface area contributed by atoms with Crippen molar-refractivity contribution in [2.24, 2.45) is 0 Å². The molecule has 0 radical (unpaired) electrons. The largest absolute Gasteiger partial charge is 0.493 e. The molecule has 0 aliphatic rings. The summed E-state index contributed by atoms with van der Waals surface area (Å²) in [7, 11) is 0. The van der Waals surface area contributed by atoms with Crippen molar-refractivity contribution in [3.8, 4) is 5.75 Å². The molecule has 0 amide bonds. The number of carbonyl (C=O) groups is 1. The van der Waals surface area contributed by atoms with Crippen molar-refractivity contribution >= 4 is 11.5 Å². The van der Waals surface area contributed by atoms with Gasteiger partial charge in [-0.1, -0.05) is 0 Å². The van der Waals surface area contributed by atoms with E-state index in [0.29, 0.717) is 30.0 Å². The lowest BCUT2D eigenvalue weighted by molar-refractivity contribution is 0.104. The summed E-state index contributed by atoms with van der Waals surface area (Å²) in [6, 6.07) is 12.5. The standard InChI is InChI=1S/C18H17F2NO2/c19-11-1-13-23-17-8-2-14(3-9-17)18(22)10-12-21-16-6-4-15(20)5-7-16/h2-10,12,21H,1,11,13H2/b12-10+. The first-order chi connectivity index (χ1) is 11.2. The first-order valence-corrected chi connectivity index (χ1v) is 7.21. The van der Waals surface area contributed by atoms with Crippen LogP contribution >= 0.6 is 0 Å². The van der Waals surface area contributed by atoms with Crippen LogP contribution in [0.3, 0.4) is 0 Å². The molecule has 3 nitrogen and oxygen atoms in total. The lowest BCUT2D eigenvalue weighted by atomic mass is 10.1. The van der Waals surface area contributed by atoms with E-state index in [0.717, 1.165) is 0 Å². The van der Waals surface area contributed by atoms with E-state index < -0.39 is 6.67 Å². The number of allylic oxidation sites excluding steroid dienone is 1. The highest BCUT2D eigenvalue weighted by Crippen LogP contribution is 2.13. The smallest absolute Gasteiger partial charge is 0.187 e. The van der Waals surface area contributed by atoms with Crippen LogP contribution in [0.4, 0.5) is 14.5 Å². The summed E-state index contributed by atoms with van der Waals surface area (Å²) in [5, 5.41) is 2.89. The van der Waals surface area contributed by atoms with Crippen molar-refractivity contribution < 1.29 is 18.3 Å². The number of ketones is 1. The average Bonchev–Trinajstić information content (AvgIpc) is 2.57. The lowest BCUT2D eigenvalue weighted by Crippen LogP contribution is -1.99. The second-order valence-electron chi connectivity index (χ2n) is 4.76. The van der Waals surface area contributed by atoms with Gasteiger partial charge in [0.1, 0.15) is 11.6 Å². The zero-order valence-corrected chi connectivity index (χ0v) is 12.5. The number of rotatable bonds is 8. The van der Waals surface area contributed by atoms with E-state index in [9.17, 15) is 13.6 Å². The third-order valence-electron chi connectivity index (χ3n) is 3.01. The summed E-state index contributed by atoms with van der Waals surface area (Å²) >= 11 is 0. The normalized spacial score (nSPS) is 10.7. The van der Waals surface area contributed by atoms with Gasteiger partial charge in [0.25, 0.3) is 0 Å². The number of benzene rings is 2. The fourth-order valence-electron chi connectivity index (χ4n) is 1.82. The van der Waals surface area contributed by atoms with Gasteiger partial charge in [-0.3, -0.25) is 9.18 Å². The van der Waals surface area contributed by atoms with Crippen molar-refractivity contribution in [3.05, 3.63) is 72.2 Å². The van der Waals surface area contributed by atoms with Crippen molar-refractivity contribution in [2.45, 2.75) is 6.42 Å². The summed E-state index contributed by atoms with van der Waals surface area (Å²) in [5.74, 6) is 0.114. The molecule has 120 valence electrons. The molecule has 0 unspecified atom stereocenters. The molecule has 2 rings (SSSR count). The number of halogens is 2. The molecular formula is C18H17F2NO2. The quantitative estimate of drug-likeness (QED) is 0.446. The number of ether oxygens (including phenoxy) is 1. The van der Waals surface area contributed by atoms with Crippen LogP contribution in [-0.2, 0) is 0 Å². The SMILES string of the molecule is O=C(/C=C/Nc1ccc(F)cc1)c1ccc(OCCCF)cc1. The molecule has 0 saturated heterocycles. The fraction of sp³-hybridized carbons (Fsp3) is 0.167. The van der Waals surface area contributed by atoms with Crippen LogP contribution in [0.5, 0.6) is 5.75 Å². The van der Waals surface area contributed by atoms with Crippen LogP contribution in [0.2, 0.25) is 0 Å². The highest BCUT2D eigenvalue weighted by Gasteiger charge is 2.02. The molecular weight excluding hydrogens is 300 g/mol. The molecule has 0 spiro atoms. The van der Waals surface area contributed by atoms with E-state index in [1.54, 1.807) is 36.4 Å². The van der Waals surface area contributed by atoms with Gasteiger partial charge in [0.05, 0.1) is 13.3 Å². The van der Waals surface area contributed by atoms with Gasteiger partial charge in [0.15, 0.2) is 5.78 Å². The molecule has 2 aromatic carbocycles. The maximum atomic E-state index is 12.8. The molecule has 0 aromatic heterocycles. The average molecular weight is 317 g/mol. The van der Waals surface area contributed by atoms with Gasteiger partial charge in [0.2, 0.25) is 0 Å². The maximum Gasteiger partial charge on any atom is 0.187 e. The van der Waals surface area contributed by atoms with Crippen LogP contribution < -0.4 is 10.1 Å². The Morgan fingerprint density at radius 2 is 1.78 bits per heavy atom. The van der Waals surface area contributed by atoms with Gasteiger partial charge in [-0.25, -0.2) is 4.39 Å². The maximum absolute atomic E-state index is 12.8. The monoisotopic (exact) mass is 317 g/mol. The number of nitrogens with one attached hydrogen (secondary N) is 1. The summed E-state index contributed by atoms with van der Waals surface area (Å²) in [5.41, 5.74) is 1.20. The van der Waals surface area contributed by atoms with Crippen LogP contribution in [0, 0.1) is 5.82 Å². The second kappa shape index (κ2) is 8.68. The Morgan fingerprint density at radius 3 is 2.43 bits per heavy atom. The topological polar surface area (TPSA) is 38.3 Å². The first-order valence-electron chi connectivity index (χ1n) is 7.21. The Labute approximate surface area is 133 Å². The molecule has 0 saturated carbocycles. The minimum atomic E-state index is -0.414. The third kappa shape index (κ3) is 5.54. The summed E-state index contributed by atoms with van der Waals surface area (Å²) in [4.78, 5) is 12.0. The van der Waals surface area contributed by atoms with Gasteiger partial charge in [0, 0.05) is 29.9 Å². The summed E-state index contributed by atoms with van der Waals surface area (Å²) in [6.45, 7) is -0.103. The van der Waals surface area contributed by atoms with E-state index in [-0.39, 0.29) is 11.6 Å².